The standard InChI is InChI=1S/C15H24BrNO/c1-11(2)10-18-14-7-6-13(16)8-12(14)9-17-15(3,4)5/h6-8,11,17H,9-10H2,1-5H3/p+1. The Balaban J connectivity index is 2.76. The predicted octanol–water partition coefficient (Wildman–Crippen LogP) is 3.35. The first-order chi connectivity index (χ1) is 8.28. The number of hydrogen-bond acceptors (Lipinski definition) is 1. The van der Waals surface area contributed by atoms with E-state index in [1.807, 2.05) is 6.07 Å². The summed E-state index contributed by atoms with van der Waals surface area (Å²) in [4.78, 5) is 0. The fourth-order valence-corrected chi connectivity index (χ4v) is 1.93. The van der Waals surface area contributed by atoms with Gasteiger partial charge in [0.1, 0.15) is 12.3 Å². The zero-order chi connectivity index (χ0) is 13.8. The minimum atomic E-state index is 0.234. The monoisotopic (exact) mass is 314 g/mol. The fourth-order valence-electron chi connectivity index (χ4n) is 1.52. The number of benzene rings is 1. The Morgan fingerprint density at radius 2 is 1.94 bits per heavy atom. The van der Waals surface area contributed by atoms with Crippen LogP contribution in [0.5, 0.6) is 5.75 Å². The van der Waals surface area contributed by atoms with Gasteiger partial charge in [0.15, 0.2) is 0 Å². The van der Waals surface area contributed by atoms with Crippen molar-refractivity contribution in [1.82, 2.24) is 0 Å². The SMILES string of the molecule is CC(C)COc1ccc(Br)cc1C[NH2+]C(C)(C)C. The van der Waals surface area contributed by atoms with E-state index in [0.717, 1.165) is 23.4 Å². The molecule has 2 nitrogen and oxygen atoms in total. The smallest absolute Gasteiger partial charge is 0.128 e. The largest absolute Gasteiger partial charge is 0.493 e. The van der Waals surface area contributed by atoms with E-state index in [0.29, 0.717) is 5.92 Å². The summed E-state index contributed by atoms with van der Waals surface area (Å²) in [6.07, 6.45) is 0. The van der Waals surface area contributed by atoms with Crippen LogP contribution < -0.4 is 10.1 Å². The van der Waals surface area contributed by atoms with Gasteiger partial charge >= 0.3 is 0 Å². The van der Waals surface area contributed by atoms with Crippen LogP contribution in [-0.4, -0.2) is 12.1 Å². The van der Waals surface area contributed by atoms with Gasteiger partial charge in [-0.2, -0.15) is 0 Å². The summed E-state index contributed by atoms with van der Waals surface area (Å²) in [5.74, 6) is 1.56. The van der Waals surface area contributed by atoms with Gasteiger partial charge in [0.05, 0.1) is 12.1 Å². The highest BCUT2D eigenvalue weighted by Crippen LogP contribution is 2.23. The highest BCUT2D eigenvalue weighted by molar-refractivity contribution is 9.10. The molecule has 0 aliphatic heterocycles. The molecule has 0 amide bonds. The van der Waals surface area contributed by atoms with Crippen molar-refractivity contribution in [2.45, 2.75) is 46.7 Å². The summed E-state index contributed by atoms with van der Waals surface area (Å²) < 4.78 is 6.99. The molecule has 0 spiro atoms. The minimum absolute atomic E-state index is 0.234. The average Bonchev–Trinajstić information content (AvgIpc) is 2.23. The Morgan fingerprint density at radius 3 is 2.50 bits per heavy atom. The molecule has 0 radical (unpaired) electrons. The number of nitrogens with two attached hydrogens (primary N) is 1. The number of rotatable bonds is 5. The van der Waals surface area contributed by atoms with Crippen molar-refractivity contribution in [3.63, 3.8) is 0 Å². The van der Waals surface area contributed by atoms with Gasteiger partial charge in [-0.1, -0.05) is 29.8 Å². The lowest BCUT2D eigenvalue weighted by molar-refractivity contribution is -0.731. The summed E-state index contributed by atoms with van der Waals surface area (Å²) in [6, 6.07) is 6.24. The van der Waals surface area contributed by atoms with E-state index in [4.69, 9.17) is 4.74 Å². The van der Waals surface area contributed by atoms with Crippen LogP contribution in [0.15, 0.2) is 22.7 Å². The van der Waals surface area contributed by atoms with E-state index in [1.54, 1.807) is 0 Å². The van der Waals surface area contributed by atoms with Crippen LogP contribution in [0.3, 0.4) is 0 Å². The van der Waals surface area contributed by atoms with Crippen LogP contribution in [0, 0.1) is 5.92 Å². The highest BCUT2D eigenvalue weighted by atomic mass is 79.9. The third-order valence-corrected chi connectivity index (χ3v) is 3.02. The van der Waals surface area contributed by atoms with E-state index in [1.165, 1.54) is 5.56 Å². The Kier molecular flexibility index (Phi) is 5.67. The molecule has 2 N–H and O–H groups in total. The van der Waals surface area contributed by atoms with E-state index >= 15 is 0 Å². The maximum atomic E-state index is 5.88. The Labute approximate surface area is 119 Å². The van der Waals surface area contributed by atoms with E-state index in [-0.39, 0.29) is 5.54 Å². The molecule has 0 saturated heterocycles. The molecule has 1 rings (SSSR count). The molecule has 0 aliphatic rings. The van der Waals surface area contributed by atoms with Crippen molar-refractivity contribution in [2.75, 3.05) is 6.61 Å². The number of ether oxygens (including phenoxy) is 1. The van der Waals surface area contributed by atoms with Crippen molar-refractivity contribution in [2.24, 2.45) is 5.92 Å². The first-order valence-electron chi connectivity index (χ1n) is 6.53. The molecule has 0 aromatic heterocycles. The Bertz CT molecular complexity index is 383. The maximum absolute atomic E-state index is 5.88. The molecule has 3 heteroatoms. The second kappa shape index (κ2) is 6.58. The van der Waals surface area contributed by atoms with Crippen LogP contribution in [0.25, 0.3) is 0 Å². The van der Waals surface area contributed by atoms with Crippen LogP contribution in [0.1, 0.15) is 40.2 Å². The molecular weight excluding hydrogens is 290 g/mol. The molecule has 0 saturated carbocycles. The lowest BCUT2D eigenvalue weighted by atomic mass is 10.1. The van der Waals surface area contributed by atoms with Crippen molar-refractivity contribution in [3.05, 3.63) is 28.2 Å². The molecule has 0 aliphatic carbocycles. The van der Waals surface area contributed by atoms with Crippen LogP contribution in [0.4, 0.5) is 0 Å². The van der Waals surface area contributed by atoms with Gasteiger partial charge in [0, 0.05) is 10.0 Å². The molecule has 1 aromatic rings. The van der Waals surface area contributed by atoms with E-state index in [2.05, 4.69) is 68.0 Å². The van der Waals surface area contributed by atoms with Gasteiger partial charge in [0.2, 0.25) is 0 Å². The summed E-state index contributed by atoms with van der Waals surface area (Å²) in [5.41, 5.74) is 1.48. The molecule has 0 unspecified atom stereocenters. The number of hydrogen-bond donors (Lipinski definition) is 1. The van der Waals surface area contributed by atoms with E-state index in [9.17, 15) is 0 Å². The summed E-state index contributed by atoms with van der Waals surface area (Å²) in [6.45, 7) is 12.7. The fraction of sp³-hybridized carbons (Fsp3) is 0.600. The van der Waals surface area contributed by atoms with Gasteiger partial charge in [-0.15, -0.1) is 0 Å². The highest BCUT2D eigenvalue weighted by Gasteiger charge is 2.15. The lowest BCUT2D eigenvalue weighted by Crippen LogP contribution is -2.92. The molecule has 0 heterocycles. The second-order valence-electron chi connectivity index (χ2n) is 6.23. The van der Waals surface area contributed by atoms with Gasteiger partial charge in [-0.05, 0) is 44.9 Å². The third-order valence-electron chi connectivity index (χ3n) is 2.53. The normalized spacial score (nSPS) is 11.9. The lowest BCUT2D eigenvalue weighted by Gasteiger charge is -2.19. The predicted molar refractivity (Wildman–Crippen MR) is 79.9 cm³/mol. The quantitative estimate of drug-likeness (QED) is 0.886. The second-order valence-corrected chi connectivity index (χ2v) is 7.15. The first-order valence-corrected chi connectivity index (χ1v) is 7.33. The third kappa shape index (κ3) is 5.87. The molecule has 102 valence electrons. The minimum Gasteiger partial charge on any atom is -0.493 e. The summed E-state index contributed by atoms with van der Waals surface area (Å²) in [7, 11) is 0. The summed E-state index contributed by atoms with van der Waals surface area (Å²) in [5, 5.41) is 2.33. The molecule has 0 atom stereocenters. The van der Waals surface area contributed by atoms with Gasteiger partial charge < -0.3 is 10.1 Å². The Morgan fingerprint density at radius 1 is 1.28 bits per heavy atom. The van der Waals surface area contributed by atoms with Crippen LogP contribution in [0.2, 0.25) is 0 Å². The topological polar surface area (TPSA) is 25.8 Å². The van der Waals surface area contributed by atoms with Crippen molar-refractivity contribution < 1.29 is 10.1 Å². The molecule has 18 heavy (non-hydrogen) atoms. The summed E-state index contributed by atoms with van der Waals surface area (Å²) >= 11 is 3.53. The van der Waals surface area contributed by atoms with E-state index < -0.39 is 0 Å². The number of quaternary nitrogens is 1. The molecular formula is C15H25BrNO+. The maximum Gasteiger partial charge on any atom is 0.128 e. The van der Waals surface area contributed by atoms with Crippen LogP contribution >= 0.6 is 15.9 Å². The number of halogens is 1. The van der Waals surface area contributed by atoms with Gasteiger partial charge in [-0.3, -0.25) is 0 Å². The van der Waals surface area contributed by atoms with Crippen molar-refractivity contribution >= 4 is 15.9 Å². The first kappa shape index (κ1) is 15.5. The average molecular weight is 315 g/mol. The Hall–Kier alpha value is -0.540. The van der Waals surface area contributed by atoms with Crippen molar-refractivity contribution in [3.8, 4) is 5.75 Å². The molecule has 1 aromatic carbocycles. The van der Waals surface area contributed by atoms with Crippen molar-refractivity contribution in [1.29, 1.82) is 0 Å². The molecule has 0 bridgehead atoms. The van der Waals surface area contributed by atoms with Gasteiger partial charge in [-0.25, -0.2) is 0 Å². The van der Waals surface area contributed by atoms with Gasteiger partial charge in [0.25, 0.3) is 0 Å². The molecule has 0 fully saturated rings. The zero-order valence-corrected chi connectivity index (χ0v) is 13.7. The van der Waals surface area contributed by atoms with Crippen LogP contribution in [-0.2, 0) is 6.54 Å². The zero-order valence-electron chi connectivity index (χ0n) is 12.1.